The first kappa shape index (κ1) is 18.6. The van der Waals surface area contributed by atoms with Crippen LogP contribution in [0.25, 0.3) is 0 Å². The molecule has 4 nitrogen and oxygen atoms in total. The summed E-state index contributed by atoms with van der Waals surface area (Å²) in [5.74, 6) is 0.665. The topological polar surface area (TPSA) is 41.6 Å². The van der Waals surface area contributed by atoms with E-state index in [2.05, 4.69) is 5.32 Å². The Morgan fingerprint density at radius 3 is 2.50 bits per heavy atom. The maximum atomic E-state index is 12.4. The normalized spacial score (nSPS) is 12.1. The first-order chi connectivity index (χ1) is 11.4. The first-order valence-corrected chi connectivity index (χ1v) is 8.25. The third kappa shape index (κ3) is 4.87. The quantitative estimate of drug-likeness (QED) is 0.820. The van der Waals surface area contributed by atoms with Crippen molar-refractivity contribution in [3.8, 4) is 5.75 Å². The van der Waals surface area contributed by atoms with Crippen LogP contribution in [0.15, 0.2) is 42.5 Å². The highest BCUT2D eigenvalue weighted by Crippen LogP contribution is 2.25. The number of carbonyl (C=O) groups is 1. The van der Waals surface area contributed by atoms with Gasteiger partial charge in [0.1, 0.15) is 5.75 Å². The molecule has 24 heavy (non-hydrogen) atoms. The lowest BCUT2D eigenvalue weighted by molar-refractivity contribution is -0.120. The van der Waals surface area contributed by atoms with Crippen molar-refractivity contribution >= 4 is 34.8 Å². The summed E-state index contributed by atoms with van der Waals surface area (Å²) in [6, 6.07) is 12.4. The number of amides is 1. The van der Waals surface area contributed by atoms with Crippen molar-refractivity contribution in [1.29, 1.82) is 0 Å². The third-order valence-electron chi connectivity index (χ3n) is 3.82. The molecule has 1 amide bonds. The van der Waals surface area contributed by atoms with Gasteiger partial charge in [0.05, 0.1) is 23.9 Å². The average molecular weight is 367 g/mol. The maximum absolute atomic E-state index is 12.4. The lowest BCUT2D eigenvalue weighted by Gasteiger charge is -2.24. The van der Waals surface area contributed by atoms with Gasteiger partial charge in [-0.3, -0.25) is 9.69 Å². The second-order valence-electron chi connectivity index (χ2n) is 5.55. The van der Waals surface area contributed by atoms with E-state index in [1.807, 2.05) is 43.1 Å². The van der Waals surface area contributed by atoms with Gasteiger partial charge in [0.25, 0.3) is 0 Å². The molecule has 2 aromatic carbocycles. The zero-order valence-electron chi connectivity index (χ0n) is 13.8. The summed E-state index contributed by atoms with van der Waals surface area (Å²) in [5.41, 5.74) is 1.61. The molecule has 2 rings (SSSR count). The van der Waals surface area contributed by atoms with Gasteiger partial charge in [0.2, 0.25) is 5.91 Å². The molecule has 0 radical (unpaired) electrons. The molecular formula is C18H20Cl2N2O2. The number of hydrogen-bond donors (Lipinski definition) is 1. The molecule has 1 atom stereocenters. The van der Waals surface area contributed by atoms with Crippen LogP contribution in [0.5, 0.6) is 5.75 Å². The molecule has 0 aliphatic carbocycles. The smallest absolute Gasteiger partial charge is 0.241 e. The van der Waals surface area contributed by atoms with E-state index in [0.717, 1.165) is 11.3 Å². The fourth-order valence-electron chi connectivity index (χ4n) is 2.19. The molecule has 2 aromatic rings. The minimum atomic E-state index is -0.331. The number of likely N-dealkylation sites (N-methyl/N-ethyl adjacent to an activating group) is 1. The molecule has 0 aliphatic heterocycles. The van der Waals surface area contributed by atoms with Crippen molar-refractivity contribution < 1.29 is 9.53 Å². The number of carbonyl (C=O) groups excluding carboxylic acids is 1. The number of rotatable bonds is 6. The van der Waals surface area contributed by atoms with Gasteiger partial charge in [-0.2, -0.15) is 0 Å². The molecular weight excluding hydrogens is 347 g/mol. The van der Waals surface area contributed by atoms with Crippen LogP contribution in [-0.2, 0) is 11.3 Å². The standard InChI is InChI=1S/C18H20Cl2N2O2/c1-12(18(23)21-17-10-14(19)6-9-16(17)20)22(2)11-13-4-7-15(24-3)8-5-13/h4-10,12H,11H2,1-3H3,(H,21,23). The summed E-state index contributed by atoms with van der Waals surface area (Å²) in [6.45, 7) is 2.49. The minimum absolute atomic E-state index is 0.143. The summed E-state index contributed by atoms with van der Waals surface area (Å²) in [7, 11) is 3.53. The maximum Gasteiger partial charge on any atom is 0.241 e. The molecule has 128 valence electrons. The predicted molar refractivity (Wildman–Crippen MR) is 99.0 cm³/mol. The minimum Gasteiger partial charge on any atom is -0.497 e. The van der Waals surface area contributed by atoms with Gasteiger partial charge >= 0.3 is 0 Å². The van der Waals surface area contributed by atoms with Crippen LogP contribution in [0.4, 0.5) is 5.69 Å². The van der Waals surface area contributed by atoms with E-state index in [1.54, 1.807) is 25.3 Å². The van der Waals surface area contributed by atoms with E-state index in [1.165, 1.54) is 0 Å². The van der Waals surface area contributed by atoms with Crippen molar-refractivity contribution in [2.75, 3.05) is 19.5 Å². The van der Waals surface area contributed by atoms with Gasteiger partial charge in [0.15, 0.2) is 0 Å². The van der Waals surface area contributed by atoms with Gasteiger partial charge in [-0.05, 0) is 49.9 Å². The van der Waals surface area contributed by atoms with Gasteiger partial charge in [-0.25, -0.2) is 0 Å². The number of nitrogens with zero attached hydrogens (tertiary/aromatic N) is 1. The van der Waals surface area contributed by atoms with E-state index in [0.29, 0.717) is 22.3 Å². The monoisotopic (exact) mass is 366 g/mol. The molecule has 1 unspecified atom stereocenters. The lowest BCUT2D eigenvalue weighted by Crippen LogP contribution is -2.39. The Morgan fingerprint density at radius 2 is 1.88 bits per heavy atom. The van der Waals surface area contributed by atoms with Crippen LogP contribution in [-0.4, -0.2) is 31.0 Å². The number of methoxy groups -OCH3 is 1. The lowest BCUT2D eigenvalue weighted by atomic mass is 10.1. The van der Waals surface area contributed by atoms with Gasteiger partial charge in [-0.1, -0.05) is 35.3 Å². The highest BCUT2D eigenvalue weighted by atomic mass is 35.5. The Labute approximate surface area is 152 Å². The van der Waals surface area contributed by atoms with Crippen LogP contribution in [0.3, 0.4) is 0 Å². The Bertz CT molecular complexity index is 705. The Balaban J connectivity index is 1.99. The second kappa shape index (κ2) is 8.38. The van der Waals surface area contributed by atoms with Crippen LogP contribution in [0.1, 0.15) is 12.5 Å². The SMILES string of the molecule is COc1ccc(CN(C)C(C)C(=O)Nc2cc(Cl)ccc2Cl)cc1. The van der Waals surface area contributed by atoms with E-state index >= 15 is 0 Å². The fourth-order valence-corrected chi connectivity index (χ4v) is 2.52. The van der Waals surface area contributed by atoms with Crippen molar-refractivity contribution in [3.63, 3.8) is 0 Å². The summed E-state index contributed by atoms with van der Waals surface area (Å²) in [5, 5.41) is 3.80. The number of benzene rings is 2. The number of anilines is 1. The molecule has 0 saturated heterocycles. The summed E-state index contributed by atoms with van der Waals surface area (Å²) < 4.78 is 5.15. The molecule has 0 aliphatic rings. The highest BCUT2D eigenvalue weighted by Gasteiger charge is 2.19. The predicted octanol–water partition coefficient (Wildman–Crippen LogP) is 4.46. The first-order valence-electron chi connectivity index (χ1n) is 7.50. The third-order valence-corrected chi connectivity index (χ3v) is 4.38. The van der Waals surface area contributed by atoms with Crippen molar-refractivity contribution in [2.45, 2.75) is 19.5 Å². The van der Waals surface area contributed by atoms with Crippen LogP contribution in [0.2, 0.25) is 10.0 Å². The molecule has 0 bridgehead atoms. The summed E-state index contributed by atoms with van der Waals surface area (Å²) in [4.78, 5) is 14.4. The van der Waals surface area contributed by atoms with Gasteiger partial charge in [-0.15, -0.1) is 0 Å². The number of nitrogens with one attached hydrogen (secondary N) is 1. The molecule has 1 N–H and O–H groups in total. The molecule has 6 heteroatoms. The van der Waals surface area contributed by atoms with Crippen molar-refractivity contribution in [2.24, 2.45) is 0 Å². The summed E-state index contributed by atoms with van der Waals surface area (Å²) >= 11 is 12.0. The highest BCUT2D eigenvalue weighted by molar-refractivity contribution is 6.35. The molecule has 0 heterocycles. The van der Waals surface area contributed by atoms with Crippen LogP contribution < -0.4 is 10.1 Å². The van der Waals surface area contributed by atoms with E-state index in [4.69, 9.17) is 27.9 Å². The van der Waals surface area contributed by atoms with E-state index in [9.17, 15) is 4.79 Å². The van der Waals surface area contributed by atoms with Crippen LogP contribution in [0, 0.1) is 0 Å². The van der Waals surface area contributed by atoms with E-state index in [-0.39, 0.29) is 11.9 Å². The number of halogens is 2. The van der Waals surface area contributed by atoms with Crippen LogP contribution >= 0.6 is 23.2 Å². The number of hydrogen-bond acceptors (Lipinski definition) is 3. The molecule has 0 fully saturated rings. The Kier molecular flexibility index (Phi) is 6.49. The molecule has 0 saturated carbocycles. The van der Waals surface area contributed by atoms with Gasteiger partial charge < -0.3 is 10.1 Å². The van der Waals surface area contributed by atoms with Crippen molar-refractivity contribution in [3.05, 3.63) is 58.1 Å². The fraction of sp³-hybridized carbons (Fsp3) is 0.278. The average Bonchev–Trinajstić information content (AvgIpc) is 2.58. The molecule has 0 spiro atoms. The zero-order valence-corrected chi connectivity index (χ0v) is 15.4. The number of ether oxygens (including phenoxy) is 1. The van der Waals surface area contributed by atoms with Gasteiger partial charge in [0, 0.05) is 11.6 Å². The molecule has 0 aromatic heterocycles. The largest absolute Gasteiger partial charge is 0.497 e. The van der Waals surface area contributed by atoms with E-state index < -0.39 is 0 Å². The Morgan fingerprint density at radius 1 is 1.21 bits per heavy atom. The second-order valence-corrected chi connectivity index (χ2v) is 6.40. The summed E-state index contributed by atoms with van der Waals surface area (Å²) in [6.07, 6.45) is 0. The van der Waals surface area contributed by atoms with Crippen molar-refractivity contribution in [1.82, 2.24) is 4.90 Å². The Hall–Kier alpha value is -1.75. The zero-order chi connectivity index (χ0) is 17.7.